The van der Waals surface area contributed by atoms with E-state index in [1.165, 1.54) is 17.0 Å². The molecule has 1 fully saturated rings. The highest BCUT2D eigenvalue weighted by Gasteiger charge is 2.48. The Morgan fingerprint density at radius 2 is 2.08 bits per heavy atom. The predicted molar refractivity (Wildman–Crippen MR) is 88.9 cm³/mol. The summed E-state index contributed by atoms with van der Waals surface area (Å²) < 4.78 is 31.9. The van der Waals surface area contributed by atoms with Crippen molar-refractivity contribution in [2.75, 3.05) is 18.0 Å². The highest BCUT2D eigenvalue weighted by Crippen LogP contribution is 2.40. The Kier molecular flexibility index (Phi) is 5.08. The molecule has 5 N–H and O–H groups in total. The summed E-state index contributed by atoms with van der Waals surface area (Å²) in [7, 11) is 0. The first-order valence-corrected chi connectivity index (χ1v) is 7.95. The van der Waals surface area contributed by atoms with Crippen molar-refractivity contribution in [1.29, 1.82) is 0 Å². The first-order chi connectivity index (χ1) is 11.4. The SMILES string of the molecule is CC(C)(C)OC(=O)N1CC[C@](O)(C(F)F)C[C@H]1c1ccc(N)c(N)n1. The molecule has 2 heterocycles. The lowest BCUT2D eigenvalue weighted by Gasteiger charge is -2.43. The van der Waals surface area contributed by atoms with Gasteiger partial charge in [0.2, 0.25) is 0 Å². The average molecular weight is 358 g/mol. The second kappa shape index (κ2) is 6.62. The molecule has 9 heteroatoms. The number of ether oxygens (including phenoxy) is 1. The molecule has 0 spiro atoms. The van der Waals surface area contributed by atoms with Crippen LogP contribution in [-0.2, 0) is 4.74 Å². The van der Waals surface area contributed by atoms with Gasteiger partial charge in [0.15, 0.2) is 0 Å². The van der Waals surface area contributed by atoms with Gasteiger partial charge in [0, 0.05) is 13.0 Å². The maximum Gasteiger partial charge on any atom is 0.410 e. The smallest absolute Gasteiger partial charge is 0.410 e. The number of carbonyl (C=O) groups is 1. The fourth-order valence-electron chi connectivity index (χ4n) is 2.71. The van der Waals surface area contributed by atoms with E-state index in [4.69, 9.17) is 16.2 Å². The normalized spacial score (nSPS) is 24.4. The number of alkyl halides is 2. The number of rotatable bonds is 2. The van der Waals surface area contributed by atoms with Gasteiger partial charge in [-0.2, -0.15) is 0 Å². The highest BCUT2D eigenvalue weighted by molar-refractivity contribution is 5.69. The summed E-state index contributed by atoms with van der Waals surface area (Å²) in [5, 5.41) is 10.2. The summed E-state index contributed by atoms with van der Waals surface area (Å²) in [4.78, 5) is 17.9. The van der Waals surface area contributed by atoms with Gasteiger partial charge in [-0.3, -0.25) is 4.90 Å². The van der Waals surface area contributed by atoms with Gasteiger partial charge in [-0.1, -0.05) is 0 Å². The zero-order valence-electron chi connectivity index (χ0n) is 14.5. The van der Waals surface area contributed by atoms with Crippen LogP contribution in [0.15, 0.2) is 12.1 Å². The fourth-order valence-corrected chi connectivity index (χ4v) is 2.71. The van der Waals surface area contributed by atoms with Crippen molar-refractivity contribution < 1.29 is 23.4 Å². The molecule has 1 aromatic rings. The first-order valence-electron chi connectivity index (χ1n) is 7.95. The van der Waals surface area contributed by atoms with E-state index in [1.807, 2.05) is 0 Å². The summed E-state index contributed by atoms with van der Waals surface area (Å²) in [5.74, 6) is 0.0350. The fraction of sp³-hybridized carbons (Fsp3) is 0.625. The van der Waals surface area contributed by atoms with E-state index >= 15 is 0 Å². The lowest BCUT2D eigenvalue weighted by Crippen LogP contribution is -2.52. The largest absolute Gasteiger partial charge is 0.444 e. The van der Waals surface area contributed by atoms with Crippen molar-refractivity contribution in [2.24, 2.45) is 0 Å². The third kappa shape index (κ3) is 4.28. The van der Waals surface area contributed by atoms with Gasteiger partial charge in [-0.05, 0) is 39.3 Å². The average Bonchev–Trinajstić information content (AvgIpc) is 2.48. The molecule has 1 amide bonds. The zero-order chi connectivity index (χ0) is 19.0. The van der Waals surface area contributed by atoms with Crippen molar-refractivity contribution >= 4 is 17.6 Å². The molecule has 1 saturated heterocycles. The molecule has 0 unspecified atom stereocenters. The van der Waals surface area contributed by atoms with Crippen LogP contribution in [0.25, 0.3) is 0 Å². The second-order valence-electron chi connectivity index (χ2n) is 7.26. The number of hydrogen-bond donors (Lipinski definition) is 3. The Hall–Kier alpha value is -2.16. The van der Waals surface area contributed by atoms with E-state index in [2.05, 4.69) is 4.98 Å². The number of nitrogen functional groups attached to an aromatic ring is 2. The summed E-state index contributed by atoms with van der Waals surface area (Å²) in [5.41, 5.74) is 8.90. The Morgan fingerprint density at radius 3 is 2.60 bits per heavy atom. The first kappa shape index (κ1) is 19.2. The molecule has 1 aliphatic heterocycles. The number of carbonyl (C=O) groups excluding carboxylic acids is 1. The maximum atomic E-state index is 13.3. The Labute approximate surface area is 144 Å². The molecule has 2 atom stereocenters. The standard InChI is InChI=1S/C16H24F2N4O3/c1-15(2,3)25-14(23)22-7-6-16(24,13(17)18)8-11(22)10-5-4-9(19)12(20)21-10/h4-5,11,13,24H,6-8,19H2,1-3H3,(H2,20,21)/t11-,16+/m0/s1. The lowest BCUT2D eigenvalue weighted by atomic mass is 9.85. The van der Waals surface area contributed by atoms with E-state index in [-0.39, 0.29) is 36.6 Å². The van der Waals surface area contributed by atoms with E-state index in [0.717, 1.165) is 0 Å². The van der Waals surface area contributed by atoms with Gasteiger partial charge in [0.05, 0.1) is 17.4 Å². The van der Waals surface area contributed by atoms with E-state index in [1.54, 1.807) is 20.8 Å². The highest BCUT2D eigenvalue weighted by atomic mass is 19.3. The van der Waals surface area contributed by atoms with Gasteiger partial charge in [0.1, 0.15) is 17.0 Å². The third-order valence-corrected chi connectivity index (χ3v) is 4.06. The number of likely N-dealkylation sites (tertiary alicyclic amines) is 1. The summed E-state index contributed by atoms with van der Waals surface area (Å²) in [6.45, 7) is 5.03. The Bertz CT molecular complexity index is 651. The van der Waals surface area contributed by atoms with E-state index in [9.17, 15) is 18.7 Å². The number of amides is 1. The van der Waals surface area contributed by atoms with Crippen LogP contribution in [0.2, 0.25) is 0 Å². The molecule has 7 nitrogen and oxygen atoms in total. The molecule has 0 bridgehead atoms. The van der Waals surface area contributed by atoms with Crippen molar-refractivity contribution in [3.63, 3.8) is 0 Å². The van der Waals surface area contributed by atoms with Crippen molar-refractivity contribution in [3.05, 3.63) is 17.8 Å². The lowest BCUT2D eigenvalue weighted by molar-refractivity contribution is -0.139. The van der Waals surface area contributed by atoms with Crippen molar-refractivity contribution in [2.45, 2.75) is 57.3 Å². The van der Waals surface area contributed by atoms with E-state index in [0.29, 0.717) is 0 Å². The quantitative estimate of drug-likeness (QED) is 0.747. The van der Waals surface area contributed by atoms with Crippen LogP contribution in [0, 0.1) is 0 Å². The number of pyridine rings is 1. The Balaban J connectivity index is 2.37. The molecule has 0 saturated carbocycles. The van der Waals surface area contributed by atoms with E-state index < -0.39 is 29.8 Å². The van der Waals surface area contributed by atoms with Crippen LogP contribution in [0.1, 0.15) is 45.3 Å². The minimum atomic E-state index is -2.94. The number of aromatic nitrogens is 1. The summed E-state index contributed by atoms with van der Waals surface area (Å²) in [6.07, 6.45) is -4.24. The zero-order valence-corrected chi connectivity index (χ0v) is 14.5. The van der Waals surface area contributed by atoms with Crippen molar-refractivity contribution in [1.82, 2.24) is 9.88 Å². The minimum Gasteiger partial charge on any atom is -0.444 e. The number of nitrogens with two attached hydrogens (primary N) is 2. The van der Waals surface area contributed by atoms with Crippen LogP contribution < -0.4 is 11.5 Å². The number of halogens is 2. The number of aliphatic hydroxyl groups is 1. The second-order valence-corrected chi connectivity index (χ2v) is 7.26. The predicted octanol–water partition coefficient (Wildman–Crippen LogP) is 2.31. The number of nitrogens with zero attached hydrogens (tertiary/aromatic N) is 2. The molecule has 0 aliphatic carbocycles. The minimum absolute atomic E-state index is 0.0350. The third-order valence-electron chi connectivity index (χ3n) is 4.06. The van der Waals surface area contributed by atoms with Crippen molar-refractivity contribution in [3.8, 4) is 0 Å². The molecule has 25 heavy (non-hydrogen) atoms. The van der Waals surface area contributed by atoms with Gasteiger partial charge >= 0.3 is 6.09 Å². The van der Waals surface area contributed by atoms with Crippen LogP contribution in [0.4, 0.5) is 25.1 Å². The summed E-state index contributed by atoms with van der Waals surface area (Å²) in [6, 6.07) is 2.09. The van der Waals surface area contributed by atoms with Gasteiger partial charge < -0.3 is 21.3 Å². The molecular weight excluding hydrogens is 334 g/mol. The van der Waals surface area contributed by atoms with Gasteiger partial charge in [-0.15, -0.1) is 0 Å². The maximum absolute atomic E-state index is 13.3. The molecule has 0 radical (unpaired) electrons. The van der Waals surface area contributed by atoms with Crippen LogP contribution in [0.5, 0.6) is 0 Å². The topological polar surface area (TPSA) is 115 Å². The molecule has 1 aromatic heterocycles. The number of anilines is 2. The van der Waals surface area contributed by atoms with Gasteiger partial charge in [0.25, 0.3) is 6.43 Å². The molecule has 0 aromatic carbocycles. The number of hydrogen-bond acceptors (Lipinski definition) is 6. The molecular formula is C16H24F2N4O3. The molecule has 2 rings (SSSR count). The molecule has 140 valence electrons. The van der Waals surface area contributed by atoms with Crippen LogP contribution in [-0.4, -0.2) is 45.3 Å². The van der Waals surface area contributed by atoms with Crippen LogP contribution >= 0.6 is 0 Å². The Morgan fingerprint density at radius 1 is 1.44 bits per heavy atom. The number of piperidine rings is 1. The van der Waals surface area contributed by atoms with Crippen LogP contribution in [0.3, 0.4) is 0 Å². The van der Waals surface area contributed by atoms with Gasteiger partial charge in [-0.25, -0.2) is 18.6 Å². The summed E-state index contributed by atoms with van der Waals surface area (Å²) >= 11 is 0. The molecule has 1 aliphatic rings. The monoisotopic (exact) mass is 358 g/mol.